The number of carbonyl (C=O) groups is 1. The van der Waals surface area contributed by atoms with Gasteiger partial charge in [-0.3, -0.25) is 9.59 Å². The molecule has 1 amide bonds. The molecular weight excluding hydrogens is 333 g/mol. The third kappa shape index (κ3) is 4.23. The van der Waals surface area contributed by atoms with Gasteiger partial charge in [-0.05, 0) is 22.9 Å². The van der Waals surface area contributed by atoms with E-state index in [2.05, 4.69) is 26.3 Å². The summed E-state index contributed by atoms with van der Waals surface area (Å²) < 4.78 is 36.6. The maximum atomic E-state index is 12.2. The Kier molecular flexibility index (Phi) is 4.56. The first-order chi connectivity index (χ1) is 8.61. The van der Waals surface area contributed by atoms with Crippen molar-refractivity contribution >= 4 is 27.5 Å². The second-order valence-corrected chi connectivity index (χ2v) is 4.51. The fourth-order valence-electron chi connectivity index (χ4n) is 1.15. The molecular formula is C9H10BrF3N4O2. The number of aromatic nitrogens is 2. The molecule has 0 aliphatic rings. The molecule has 1 aromatic rings. The summed E-state index contributed by atoms with van der Waals surface area (Å²) in [7, 11) is 0. The van der Waals surface area contributed by atoms with Gasteiger partial charge in [0, 0.05) is 0 Å². The highest BCUT2D eigenvalue weighted by Crippen LogP contribution is 2.19. The Morgan fingerprint density at radius 3 is 2.68 bits per heavy atom. The van der Waals surface area contributed by atoms with Crippen molar-refractivity contribution in [1.82, 2.24) is 9.78 Å². The van der Waals surface area contributed by atoms with Crippen molar-refractivity contribution in [1.29, 1.82) is 0 Å². The Balaban J connectivity index is 3.05. The van der Waals surface area contributed by atoms with Crippen LogP contribution in [0.3, 0.4) is 0 Å². The molecule has 0 saturated heterocycles. The Labute approximate surface area is 113 Å². The van der Waals surface area contributed by atoms with E-state index in [1.165, 1.54) is 6.92 Å². The standard InChI is InChI=1S/C9H10BrF3N4O2/c1-4(7(14)18)16-5-2-15-17(3-9(11,12)13)8(19)6(5)10/h2,4,16H,3H2,1H3,(H2,14,18). The number of halogens is 4. The Morgan fingerprint density at radius 2 is 2.21 bits per heavy atom. The number of alkyl halides is 3. The second kappa shape index (κ2) is 5.59. The van der Waals surface area contributed by atoms with Gasteiger partial charge in [-0.15, -0.1) is 0 Å². The largest absolute Gasteiger partial charge is 0.408 e. The van der Waals surface area contributed by atoms with Crippen LogP contribution in [-0.4, -0.2) is 27.9 Å². The maximum Gasteiger partial charge on any atom is 0.408 e. The molecule has 0 spiro atoms. The minimum Gasteiger partial charge on any atom is -0.372 e. The molecule has 0 saturated carbocycles. The first kappa shape index (κ1) is 15.5. The van der Waals surface area contributed by atoms with Crippen LogP contribution in [0.5, 0.6) is 0 Å². The molecule has 1 rings (SSSR count). The monoisotopic (exact) mass is 342 g/mol. The minimum absolute atomic E-state index is 0.0923. The summed E-state index contributed by atoms with van der Waals surface area (Å²) in [6.45, 7) is -0.0495. The number of nitrogens with two attached hydrogens (primary N) is 1. The molecule has 0 radical (unpaired) electrons. The molecule has 3 N–H and O–H groups in total. The molecule has 1 unspecified atom stereocenters. The number of amides is 1. The minimum atomic E-state index is -4.55. The molecule has 0 aliphatic heterocycles. The average molecular weight is 343 g/mol. The molecule has 19 heavy (non-hydrogen) atoms. The normalized spacial score (nSPS) is 13.1. The van der Waals surface area contributed by atoms with E-state index in [0.29, 0.717) is 0 Å². The van der Waals surface area contributed by atoms with Crippen LogP contribution < -0.4 is 16.6 Å². The lowest BCUT2D eigenvalue weighted by atomic mass is 10.3. The zero-order valence-corrected chi connectivity index (χ0v) is 11.2. The van der Waals surface area contributed by atoms with E-state index >= 15 is 0 Å². The summed E-state index contributed by atoms with van der Waals surface area (Å²) in [5, 5.41) is 5.94. The maximum absolute atomic E-state index is 12.2. The molecule has 0 aliphatic carbocycles. The van der Waals surface area contributed by atoms with Crippen molar-refractivity contribution in [2.45, 2.75) is 25.7 Å². The molecule has 0 aromatic carbocycles. The van der Waals surface area contributed by atoms with Crippen LogP contribution >= 0.6 is 15.9 Å². The van der Waals surface area contributed by atoms with Crippen molar-refractivity contribution in [3.05, 3.63) is 21.0 Å². The smallest absolute Gasteiger partial charge is 0.372 e. The van der Waals surface area contributed by atoms with Crippen molar-refractivity contribution in [3.8, 4) is 0 Å². The van der Waals surface area contributed by atoms with Crippen LogP contribution in [0, 0.1) is 0 Å². The van der Waals surface area contributed by atoms with E-state index in [1.807, 2.05) is 0 Å². The summed E-state index contributed by atoms with van der Waals surface area (Å²) in [6, 6.07) is -0.795. The van der Waals surface area contributed by atoms with Crippen molar-refractivity contribution < 1.29 is 18.0 Å². The topological polar surface area (TPSA) is 90.0 Å². The van der Waals surface area contributed by atoms with E-state index in [9.17, 15) is 22.8 Å². The summed E-state index contributed by atoms with van der Waals surface area (Å²) in [4.78, 5) is 22.5. The lowest BCUT2D eigenvalue weighted by Gasteiger charge is -2.14. The van der Waals surface area contributed by atoms with Crippen LogP contribution in [0.4, 0.5) is 18.9 Å². The summed E-state index contributed by atoms with van der Waals surface area (Å²) in [5.41, 5.74) is 4.15. The molecule has 1 aromatic heterocycles. The molecule has 1 atom stereocenters. The van der Waals surface area contributed by atoms with Crippen LogP contribution in [0.1, 0.15) is 6.92 Å². The number of rotatable bonds is 4. The van der Waals surface area contributed by atoms with Crippen LogP contribution in [0.25, 0.3) is 0 Å². The number of anilines is 1. The number of primary amides is 1. The van der Waals surface area contributed by atoms with Crippen LogP contribution in [-0.2, 0) is 11.3 Å². The highest BCUT2D eigenvalue weighted by Gasteiger charge is 2.29. The lowest BCUT2D eigenvalue weighted by Crippen LogP contribution is -2.35. The van der Waals surface area contributed by atoms with Gasteiger partial charge in [-0.2, -0.15) is 18.3 Å². The number of hydrogen-bond donors (Lipinski definition) is 2. The van der Waals surface area contributed by atoms with Gasteiger partial charge >= 0.3 is 6.18 Å². The Hall–Kier alpha value is -1.58. The fraction of sp³-hybridized carbons (Fsp3) is 0.444. The molecule has 6 nitrogen and oxygen atoms in total. The molecule has 0 bridgehead atoms. The number of nitrogens with one attached hydrogen (secondary N) is 1. The SMILES string of the molecule is CC(Nc1cnn(CC(F)(F)F)c(=O)c1Br)C(N)=O. The first-order valence-corrected chi connectivity index (χ1v) is 5.79. The predicted octanol–water partition coefficient (Wildman–Crippen LogP) is 0.854. The van der Waals surface area contributed by atoms with Crippen LogP contribution in [0.2, 0.25) is 0 Å². The van der Waals surface area contributed by atoms with Crippen molar-refractivity contribution in [2.75, 3.05) is 5.32 Å². The van der Waals surface area contributed by atoms with Gasteiger partial charge < -0.3 is 11.1 Å². The fourth-order valence-corrected chi connectivity index (χ4v) is 1.57. The van der Waals surface area contributed by atoms with E-state index in [1.54, 1.807) is 0 Å². The molecule has 106 valence electrons. The highest BCUT2D eigenvalue weighted by molar-refractivity contribution is 9.10. The van der Waals surface area contributed by atoms with Gasteiger partial charge in [0.1, 0.15) is 17.1 Å². The first-order valence-electron chi connectivity index (χ1n) is 5.00. The molecule has 10 heteroatoms. The predicted molar refractivity (Wildman–Crippen MR) is 64.5 cm³/mol. The zero-order chi connectivity index (χ0) is 14.8. The average Bonchev–Trinajstić information content (AvgIpc) is 2.27. The number of carbonyl (C=O) groups excluding carboxylic acids is 1. The van der Waals surface area contributed by atoms with Gasteiger partial charge in [0.15, 0.2) is 0 Å². The Morgan fingerprint density at radius 1 is 1.63 bits per heavy atom. The van der Waals surface area contributed by atoms with Gasteiger partial charge in [0.2, 0.25) is 5.91 Å². The van der Waals surface area contributed by atoms with Gasteiger partial charge in [0.25, 0.3) is 5.56 Å². The molecule has 1 heterocycles. The third-order valence-electron chi connectivity index (χ3n) is 2.11. The lowest BCUT2D eigenvalue weighted by molar-refractivity contribution is -0.143. The van der Waals surface area contributed by atoms with Crippen LogP contribution in [0.15, 0.2) is 15.5 Å². The highest BCUT2D eigenvalue weighted by atomic mass is 79.9. The summed E-state index contributed by atoms with van der Waals surface area (Å²) in [6.07, 6.45) is -3.54. The number of hydrogen-bond acceptors (Lipinski definition) is 4. The Bertz CT molecular complexity index is 543. The van der Waals surface area contributed by atoms with Gasteiger partial charge in [-0.25, -0.2) is 4.68 Å². The van der Waals surface area contributed by atoms with Gasteiger partial charge in [-0.1, -0.05) is 0 Å². The van der Waals surface area contributed by atoms with Gasteiger partial charge in [0.05, 0.1) is 11.9 Å². The van der Waals surface area contributed by atoms with E-state index in [0.717, 1.165) is 6.20 Å². The van der Waals surface area contributed by atoms with Crippen molar-refractivity contribution in [2.24, 2.45) is 5.73 Å². The molecule has 0 fully saturated rings. The van der Waals surface area contributed by atoms with E-state index in [-0.39, 0.29) is 14.8 Å². The summed E-state index contributed by atoms with van der Waals surface area (Å²) in [5.74, 6) is -0.675. The zero-order valence-electron chi connectivity index (χ0n) is 9.66. The summed E-state index contributed by atoms with van der Waals surface area (Å²) >= 11 is 2.86. The van der Waals surface area contributed by atoms with E-state index in [4.69, 9.17) is 5.73 Å². The third-order valence-corrected chi connectivity index (χ3v) is 2.88. The van der Waals surface area contributed by atoms with Crippen molar-refractivity contribution in [3.63, 3.8) is 0 Å². The second-order valence-electron chi connectivity index (χ2n) is 3.72. The quantitative estimate of drug-likeness (QED) is 0.848. The number of nitrogens with zero attached hydrogens (tertiary/aromatic N) is 2. The van der Waals surface area contributed by atoms with E-state index < -0.39 is 30.2 Å².